The topological polar surface area (TPSA) is 48.8 Å². The molecule has 1 N–H and O–H groups in total. The average molecular weight is 410 g/mol. The molecule has 0 spiro atoms. The van der Waals surface area contributed by atoms with Crippen molar-refractivity contribution >= 4 is 10.8 Å². The lowest BCUT2D eigenvalue weighted by atomic mass is 10.0. The molecule has 1 aliphatic rings. The molecule has 1 aliphatic heterocycles. The van der Waals surface area contributed by atoms with Crippen molar-refractivity contribution in [1.82, 2.24) is 14.8 Å². The fraction of sp³-hybridized carbons (Fsp3) is 0.375. The first-order chi connectivity index (χ1) is 14.7. The highest BCUT2D eigenvalue weighted by molar-refractivity contribution is 5.84. The predicted octanol–water partition coefficient (Wildman–Crippen LogP) is 3.45. The number of aliphatic hydroxyl groups excluding tert-OH is 1. The van der Waals surface area contributed by atoms with Crippen molar-refractivity contribution in [1.29, 1.82) is 0 Å². The third kappa shape index (κ3) is 4.61. The van der Waals surface area contributed by atoms with E-state index in [1.807, 2.05) is 12.4 Å². The summed E-state index contributed by atoms with van der Waals surface area (Å²) in [6.07, 6.45) is 4.41. The van der Waals surface area contributed by atoms with E-state index in [0.717, 1.165) is 31.6 Å². The van der Waals surface area contributed by atoms with Crippen LogP contribution in [0.25, 0.3) is 10.8 Å². The number of aliphatic hydroxyl groups is 1. The van der Waals surface area contributed by atoms with Gasteiger partial charge in [0.05, 0.1) is 7.11 Å². The van der Waals surface area contributed by atoms with E-state index in [4.69, 9.17) is 4.74 Å². The molecule has 1 saturated heterocycles. The minimum atomic E-state index is -0.246. The highest BCUT2D eigenvalue weighted by atomic mass is 19.1. The van der Waals surface area contributed by atoms with Gasteiger partial charge in [0.2, 0.25) is 0 Å². The zero-order chi connectivity index (χ0) is 20.9. The lowest BCUT2D eigenvalue weighted by molar-refractivity contribution is 0.0495. The van der Waals surface area contributed by atoms with Crippen molar-refractivity contribution in [2.75, 3.05) is 33.4 Å². The van der Waals surface area contributed by atoms with Crippen molar-refractivity contribution < 1.29 is 14.2 Å². The molecule has 4 rings (SSSR count). The summed E-state index contributed by atoms with van der Waals surface area (Å²) in [6.45, 7) is 4.10. The predicted molar refractivity (Wildman–Crippen MR) is 116 cm³/mol. The van der Waals surface area contributed by atoms with Crippen LogP contribution in [0.2, 0.25) is 0 Å². The molecule has 1 atom stereocenters. The maximum absolute atomic E-state index is 14.4. The van der Waals surface area contributed by atoms with Gasteiger partial charge < -0.3 is 9.84 Å². The van der Waals surface area contributed by atoms with Crippen molar-refractivity contribution in [2.24, 2.45) is 0 Å². The molecule has 2 heterocycles. The van der Waals surface area contributed by atoms with E-state index in [-0.39, 0.29) is 18.5 Å². The van der Waals surface area contributed by atoms with Gasteiger partial charge in [-0.25, -0.2) is 4.39 Å². The molecule has 6 heteroatoms. The summed E-state index contributed by atoms with van der Waals surface area (Å²) in [4.78, 5) is 8.93. The average Bonchev–Trinajstić information content (AvgIpc) is 2.77. The van der Waals surface area contributed by atoms with Gasteiger partial charge in [0, 0.05) is 74.8 Å². The number of piperazine rings is 1. The Morgan fingerprint density at radius 1 is 1.13 bits per heavy atom. The summed E-state index contributed by atoms with van der Waals surface area (Å²) in [6, 6.07) is 13.6. The van der Waals surface area contributed by atoms with Crippen molar-refractivity contribution in [2.45, 2.75) is 25.6 Å². The number of benzene rings is 2. The van der Waals surface area contributed by atoms with Gasteiger partial charge in [-0.15, -0.1) is 0 Å². The van der Waals surface area contributed by atoms with Gasteiger partial charge in [0.25, 0.3) is 0 Å². The third-order valence-corrected chi connectivity index (χ3v) is 5.95. The molecule has 30 heavy (non-hydrogen) atoms. The molecule has 0 saturated carbocycles. The third-order valence-electron chi connectivity index (χ3n) is 5.95. The molecule has 0 bridgehead atoms. The summed E-state index contributed by atoms with van der Waals surface area (Å²) >= 11 is 0. The van der Waals surface area contributed by atoms with Crippen LogP contribution >= 0.6 is 0 Å². The van der Waals surface area contributed by atoms with Crippen molar-refractivity contribution in [3.8, 4) is 5.75 Å². The molecule has 0 radical (unpaired) electrons. The summed E-state index contributed by atoms with van der Waals surface area (Å²) in [5.74, 6) is 0.280. The molecular formula is C24H28FN3O2. The van der Waals surface area contributed by atoms with Gasteiger partial charge in [0.15, 0.2) is 0 Å². The summed E-state index contributed by atoms with van der Waals surface area (Å²) in [5.41, 5.74) is 1.95. The number of nitrogens with zero attached hydrogens (tertiary/aromatic N) is 3. The molecule has 1 fully saturated rings. The quantitative estimate of drug-likeness (QED) is 0.648. The Hall–Kier alpha value is -2.54. The van der Waals surface area contributed by atoms with Crippen LogP contribution in [0.3, 0.4) is 0 Å². The van der Waals surface area contributed by atoms with Crippen LogP contribution in [0.15, 0.2) is 54.9 Å². The number of fused-ring (bicyclic) bond motifs is 1. The maximum atomic E-state index is 14.4. The van der Waals surface area contributed by atoms with Crippen molar-refractivity contribution in [3.05, 3.63) is 71.8 Å². The largest absolute Gasteiger partial charge is 0.497 e. The Bertz CT molecular complexity index is 992. The fourth-order valence-corrected chi connectivity index (χ4v) is 4.30. The number of pyridine rings is 1. The molecule has 2 aromatic carbocycles. The first-order valence-corrected chi connectivity index (χ1v) is 10.4. The minimum Gasteiger partial charge on any atom is -0.497 e. The SMILES string of the molecule is COc1ccc(CN2CCN(Cc3cccc4cnccc34)C[C@@H]2CCO)c(F)c1. The first kappa shape index (κ1) is 20.7. The second-order valence-electron chi connectivity index (χ2n) is 7.84. The van der Waals surface area contributed by atoms with Gasteiger partial charge >= 0.3 is 0 Å². The van der Waals surface area contributed by atoms with E-state index < -0.39 is 0 Å². The summed E-state index contributed by atoms with van der Waals surface area (Å²) < 4.78 is 19.5. The number of aromatic nitrogens is 1. The Kier molecular flexibility index (Phi) is 6.57. The van der Waals surface area contributed by atoms with E-state index in [1.165, 1.54) is 24.1 Å². The van der Waals surface area contributed by atoms with Gasteiger partial charge in [-0.1, -0.05) is 24.3 Å². The van der Waals surface area contributed by atoms with E-state index in [0.29, 0.717) is 24.3 Å². The maximum Gasteiger partial charge on any atom is 0.131 e. The molecule has 3 aromatic rings. The van der Waals surface area contributed by atoms with Crippen LogP contribution in [0.4, 0.5) is 4.39 Å². The molecule has 0 unspecified atom stereocenters. The highest BCUT2D eigenvalue weighted by Crippen LogP contribution is 2.24. The van der Waals surface area contributed by atoms with Gasteiger partial charge in [-0.05, 0) is 29.5 Å². The summed E-state index contributed by atoms with van der Waals surface area (Å²) in [7, 11) is 1.54. The van der Waals surface area contributed by atoms with E-state index in [1.54, 1.807) is 12.1 Å². The second kappa shape index (κ2) is 9.51. The van der Waals surface area contributed by atoms with Crippen LogP contribution in [0.1, 0.15) is 17.5 Å². The molecule has 158 valence electrons. The standard InChI is InChI=1S/C24H28FN3O2/c1-30-22-6-5-20(24(25)13-22)16-28-11-10-27(17-21(28)8-12-29)15-19-4-2-3-18-14-26-9-7-23(18)19/h2-7,9,13-14,21,29H,8,10-12,15-17H2,1H3/t21-/m0/s1. The van der Waals surface area contributed by atoms with Crippen LogP contribution in [0, 0.1) is 5.82 Å². The minimum absolute atomic E-state index is 0.125. The van der Waals surface area contributed by atoms with Gasteiger partial charge in [-0.3, -0.25) is 14.8 Å². The molecule has 0 amide bonds. The Morgan fingerprint density at radius 2 is 2.03 bits per heavy atom. The number of ether oxygens (including phenoxy) is 1. The van der Waals surface area contributed by atoms with E-state index >= 15 is 0 Å². The van der Waals surface area contributed by atoms with Crippen LogP contribution in [-0.2, 0) is 13.1 Å². The van der Waals surface area contributed by atoms with Crippen LogP contribution < -0.4 is 4.74 Å². The van der Waals surface area contributed by atoms with Gasteiger partial charge in [0.1, 0.15) is 11.6 Å². The molecule has 0 aliphatic carbocycles. The van der Waals surface area contributed by atoms with Crippen LogP contribution in [0.5, 0.6) is 5.75 Å². The molecule has 1 aromatic heterocycles. The normalized spacial score (nSPS) is 18.0. The van der Waals surface area contributed by atoms with Crippen LogP contribution in [-0.4, -0.2) is 59.3 Å². The van der Waals surface area contributed by atoms with E-state index in [2.05, 4.69) is 39.0 Å². The lowest BCUT2D eigenvalue weighted by Crippen LogP contribution is -2.52. The number of methoxy groups -OCH3 is 1. The molecular weight excluding hydrogens is 381 g/mol. The monoisotopic (exact) mass is 409 g/mol. The number of hydrogen-bond donors (Lipinski definition) is 1. The smallest absolute Gasteiger partial charge is 0.131 e. The fourth-order valence-electron chi connectivity index (χ4n) is 4.30. The second-order valence-corrected chi connectivity index (χ2v) is 7.84. The first-order valence-electron chi connectivity index (χ1n) is 10.4. The zero-order valence-corrected chi connectivity index (χ0v) is 17.3. The molecule has 5 nitrogen and oxygen atoms in total. The lowest BCUT2D eigenvalue weighted by Gasteiger charge is -2.41. The number of halogens is 1. The highest BCUT2D eigenvalue weighted by Gasteiger charge is 2.27. The van der Waals surface area contributed by atoms with E-state index in [9.17, 15) is 9.50 Å². The Balaban J connectivity index is 1.46. The Labute approximate surface area is 176 Å². The number of rotatable bonds is 7. The van der Waals surface area contributed by atoms with Gasteiger partial charge in [-0.2, -0.15) is 0 Å². The summed E-state index contributed by atoms with van der Waals surface area (Å²) in [5, 5.41) is 12.0. The zero-order valence-electron chi connectivity index (χ0n) is 17.3. The number of hydrogen-bond acceptors (Lipinski definition) is 5. The Morgan fingerprint density at radius 3 is 2.83 bits per heavy atom. The van der Waals surface area contributed by atoms with Crippen molar-refractivity contribution in [3.63, 3.8) is 0 Å².